The lowest BCUT2D eigenvalue weighted by atomic mass is 10.1. The lowest BCUT2D eigenvalue weighted by Gasteiger charge is -2.10. The van der Waals surface area contributed by atoms with Gasteiger partial charge in [-0.3, -0.25) is 4.79 Å². The number of carbonyl (C=O) groups is 2. The maximum Gasteiger partial charge on any atom is 0.340 e. The molecule has 8 nitrogen and oxygen atoms in total. The topological polar surface area (TPSA) is 121 Å². The predicted octanol–water partition coefficient (Wildman–Crippen LogP) is 0.808. The van der Waals surface area contributed by atoms with Gasteiger partial charge in [0.15, 0.2) is 0 Å². The van der Waals surface area contributed by atoms with Crippen molar-refractivity contribution in [2.75, 3.05) is 38.3 Å². The number of rotatable bonds is 10. The Hall–Kier alpha value is -2.89. The summed E-state index contributed by atoms with van der Waals surface area (Å²) in [4.78, 5) is 24.1. The van der Waals surface area contributed by atoms with Gasteiger partial charge in [-0.05, 0) is 19.1 Å². The van der Waals surface area contributed by atoms with Crippen LogP contribution in [0.2, 0.25) is 0 Å². The zero-order valence-corrected chi connectivity index (χ0v) is 13.9. The highest BCUT2D eigenvalue weighted by Crippen LogP contribution is 2.17. The van der Waals surface area contributed by atoms with Crippen LogP contribution in [-0.4, -0.2) is 50.0 Å². The van der Waals surface area contributed by atoms with Crippen LogP contribution in [0.3, 0.4) is 0 Å². The number of esters is 1. The van der Waals surface area contributed by atoms with E-state index in [9.17, 15) is 9.59 Å². The van der Waals surface area contributed by atoms with Crippen molar-refractivity contribution in [2.45, 2.75) is 6.92 Å². The number of nitrogens with zero attached hydrogens (tertiary/aromatic N) is 1. The number of amides is 1. The third-order valence-corrected chi connectivity index (χ3v) is 2.91. The van der Waals surface area contributed by atoms with Gasteiger partial charge in [0, 0.05) is 12.7 Å². The molecule has 0 heterocycles. The van der Waals surface area contributed by atoms with Crippen molar-refractivity contribution < 1.29 is 24.2 Å². The molecular formula is C17H21N3O5. The first-order chi connectivity index (χ1) is 12.1. The van der Waals surface area contributed by atoms with Gasteiger partial charge in [0.1, 0.15) is 11.6 Å². The van der Waals surface area contributed by atoms with Crippen LogP contribution >= 0.6 is 0 Å². The standard InChI is InChI=1S/C17H21N3O5/c1-2-25-17(23)14-5-3-4-6-15(14)20-16(22)13(11-18)12-19-7-9-24-10-8-21/h3-6,12,19,21H,2,7-10H2,1H3,(H,20,22)/b13-12-. The molecule has 0 aliphatic carbocycles. The van der Waals surface area contributed by atoms with Gasteiger partial charge in [-0.25, -0.2) is 4.79 Å². The number of benzene rings is 1. The molecule has 3 N–H and O–H groups in total. The van der Waals surface area contributed by atoms with Crippen LogP contribution in [0.5, 0.6) is 0 Å². The molecule has 134 valence electrons. The largest absolute Gasteiger partial charge is 0.462 e. The van der Waals surface area contributed by atoms with E-state index in [1.165, 1.54) is 12.3 Å². The molecule has 25 heavy (non-hydrogen) atoms. The van der Waals surface area contributed by atoms with E-state index in [2.05, 4.69) is 10.6 Å². The number of anilines is 1. The molecule has 0 aliphatic heterocycles. The molecule has 1 rings (SSSR count). The van der Waals surface area contributed by atoms with Gasteiger partial charge < -0.3 is 25.2 Å². The van der Waals surface area contributed by atoms with Crippen molar-refractivity contribution in [3.05, 3.63) is 41.6 Å². The quantitative estimate of drug-likeness (QED) is 0.248. The molecule has 1 aromatic rings. The number of aliphatic hydroxyl groups is 1. The fraction of sp³-hybridized carbons (Fsp3) is 0.353. The minimum atomic E-state index is -0.650. The van der Waals surface area contributed by atoms with Crippen LogP contribution < -0.4 is 10.6 Å². The van der Waals surface area contributed by atoms with Crippen LogP contribution in [0, 0.1) is 11.3 Å². The molecule has 0 unspecified atom stereocenters. The smallest absolute Gasteiger partial charge is 0.340 e. The number of carbonyl (C=O) groups excluding carboxylic acids is 2. The zero-order valence-electron chi connectivity index (χ0n) is 13.9. The van der Waals surface area contributed by atoms with Gasteiger partial charge in [0.2, 0.25) is 0 Å². The number of ether oxygens (including phenoxy) is 2. The van der Waals surface area contributed by atoms with Gasteiger partial charge in [-0.1, -0.05) is 12.1 Å². The summed E-state index contributed by atoms with van der Waals surface area (Å²) in [5, 5.41) is 23.0. The van der Waals surface area contributed by atoms with E-state index < -0.39 is 11.9 Å². The maximum atomic E-state index is 12.2. The first-order valence-electron chi connectivity index (χ1n) is 7.73. The van der Waals surface area contributed by atoms with E-state index in [0.717, 1.165) is 0 Å². The van der Waals surface area contributed by atoms with Gasteiger partial charge in [0.05, 0.1) is 37.7 Å². The molecule has 0 aliphatic rings. The lowest BCUT2D eigenvalue weighted by Crippen LogP contribution is -2.20. The second-order valence-electron chi connectivity index (χ2n) is 4.68. The van der Waals surface area contributed by atoms with Crippen molar-refractivity contribution in [1.82, 2.24) is 5.32 Å². The van der Waals surface area contributed by atoms with Crippen LogP contribution in [0.4, 0.5) is 5.69 Å². The first kappa shape index (κ1) is 20.2. The average molecular weight is 347 g/mol. The van der Waals surface area contributed by atoms with E-state index in [1.54, 1.807) is 31.2 Å². The van der Waals surface area contributed by atoms with Crippen LogP contribution in [0.1, 0.15) is 17.3 Å². The summed E-state index contributed by atoms with van der Waals surface area (Å²) >= 11 is 0. The van der Waals surface area contributed by atoms with E-state index in [0.29, 0.717) is 13.2 Å². The molecule has 0 atom stereocenters. The Kier molecular flexibility index (Phi) is 9.36. The molecule has 0 saturated heterocycles. The highest BCUT2D eigenvalue weighted by molar-refractivity contribution is 6.09. The van der Waals surface area contributed by atoms with E-state index in [-0.39, 0.29) is 36.6 Å². The molecular weight excluding hydrogens is 326 g/mol. The van der Waals surface area contributed by atoms with E-state index in [4.69, 9.17) is 19.8 Å². The normalized spacial score (nSPS) is 10.7. The average Bonchev–Trinajstić information content (AvgIpc) is 2.61. The van der Waals surface area contributed by atoms with Crippen LogP contribution in [0.15, 0.2) is 36.0 Å². The highest BCUT2D eigenvalue weighted by Gasteiger charge is 2.16. The second kappa shape index (κ2) is 11.6. The van der Waals surface area contributed by atoms with Crippen molar-refractivity contribution in [2.24, 2.45) is 0 Å². The molecule has 0 spiro atoms. The summed E-state index contributed by atoms with van der Waals surface area (Å²) in [6.07, 6.45) is 1.27. The summed E-state index contributed by atoms with van der Waals surface area (Å²) in [5.41, 5.74) is 0.319. The fourth-order valence-electron chi connectivity index (χ4n) is 1.79. The van der Waals surface area contributed by atoms with Crippen LogP contribution in [0.25, 0.3) is 0 Å². The van der Waals surface area contributed by atoms with Crippen molar-refractivity contribution in [1.29, 1.82) is 5.26 Å². The minimum absolute atomic E-state index is 0.0679. The van der Waals surface area contributed by atoms with Gasteiger partial charge in [-0.2, -0.15) is 5.26 Å². The Morgan fingerprint density at radius 1 is 1.32 bits per heavy atom. The predicted molar refractivity (Wildman–Crippen MR) is 90.6 cm³/mol. The SMILES string of the molecule is CCOC(=O)c1ccccc1NC(=O)/C(C#N)=C\NCCOCCO. The van der Waals surface area contributed by atoms with Crippen LogP contribution in [-0.2, 0) is 14.3 Å². The molecule has 0 saturated carbocycles. The number of aliphatic hydroxyl groups excluding tert-OH is 1. The Bertz CT molecular complexity index is 652. The number of para-hydroxylation sites is 1. The number of nitrogens with one attached hydrogen (secondary N) is 2. The molecule has 0 bridgehead atoms. The number of hydrogen-bond donors (Lipinski definition) is 3. The second-order valence-corrected chi connectivity index (χ2v) is 4.68. The summed E-state index contributed by atoms with van der Waals surface area (Å²) in [5.74, 6) is -1.21. The zero-order chi connectivity index (χ0) is 18.5. The van der Waals surface area contributed by atoms with Crippen molar-refractivity contribution in [3.63, 3.8) is 0 Å². The van der Waals surface area contributed by atoms with Crippen molar-refractivity contribution in [3.8, 4) is 6.07 Å². The van der Waals surface area contributed by atoms with Gasteiger partial charge in [0.25, 0.3) is 5.91 Å². The monoisotopic (exact) mass is 347 g/mol. The first-order valence-corrected chi connectivity index (χ1v) is 7.73. The Balaban J connectivity index is 2.70. The number of hydrogen-bond acceptors (Lipinski definition) is 7. The Labute approximate surface area is 146 Å². The summed E-state index contributed by atoms with van der Waals surface area (Å²) in [7, 11) is 0. The minimum Gasteiger partial charge on any atom is -0.462 e. The molecule has 1 aromatic carbocycles. The third kappa shape index (κ3) is 7.03. The molecule has 0 fully saturated rings. The van der Waals surface area contributed by atoms with Gasteiger partial charge >= 0.3 is 5.97 Å². The summed E-state index contributed by atoms with van der Waals surface area (Å²) in [6, 6.07) is 8.17. The Morgan fingerprint density at radius 2 is 2.08 bits per heavy atom. The summed E-state index contributed by atoms with van der Waals surface area (Å²) < 4.78 is 9.98. The third-order valence-electron chi connectivity index (χ3n) is 2.91. The Morgan fingerprint density at radius 3 is 2.76 bits per heavy atom. The molecule has 8 heteroatoms. The maximum absolute atomic E-state index is 12.2. The molecule has 0 radical (unpaired) electrons. The summed E-state index contributed by atoms with van der Waals surface area (Å²) in [6.45, 7) is 2.75. The van der Waals surface area contributed by atoms with Crippen molar-refractivity contribution >= 4 is 17.6 Å². The molecule has 0 aromatic heterocycles. The lowest BCUT2D eigenvalue weighted by molar-refractivity contribution is -0.112. The van der Waals surface area contributed by atoms with Gasteiger partial charge in [-0.15, -0.1) is 0 Å². The van der Waals surface area contributed by atoms with E-state index in [1.807, 2.05) is 0 Å². The highest BCUT2D eigenvalue weighted by atomic mass is 16.5. The number of nitriles is 1. The molecule has 1 amide bonds. The van der Waals surface area contributed by atoms with E-state index >= 15 is 0 Å². The fourth-order valence-corrected chi connectivity index (χ4v) is 1.79.